The first-order valence-electron chi connectivity index (χ1n) is 5.13. The highest BCUT2D eigenvalue weighted by atomic mass is 32.1. The van der Waals surface area contributed by atoms with Crippen molar-refractivity contribution in [2.75, 3.05) is 25.3 Å². The maximum absolute atomic E-state index is 12.0. The van der Waals surface area contributed by atoms with Crippen LogP contribution in [0.15, 0.2) is 12.1 Å². The number of hydrogen-bond donors (Lipinski definition) is 2. The molecule has 0 radical (unpaired) electrons. The number of amides is 1. The molecule has 0 unspecified atom stereocenters. The molecule has 2 aromatic rings. The Hall–Kier alpha value is -2.42. The highest BCUT2D eigenvalue weighted by Crippen LogP contribution is 2.32. The maximum Gasteiger partial charge on any atom is 0.259 e. The van der Waals surface area contributed by atoms with Crippen LogP contribution in [0.2, 0.25) is 0 Å². The standard InChI is InChI=1S/C10H11N5O3S/c1-17-7-3-5(6(11)4-8(7)18-2)9(16)12-10-13-14-15-19-10/h3-4H,11H2,1-2H3,(H,12,13,15,16). The number of nitrogen functional groups attached to an aromatic ring is 1. The van der Waals surface area contributed by atoms with Crippen LogP contribution in [0, 0.1) is 0 Å². The Labute approximate surface area is 112 Å². The molecule has 0 spiro atoms. The third kappa shape index (κ3) is 2.71. The van der Waals surface area contributed by atoms with Gasteiger partial charge in [0.05, 0.1) is 19.8 Å². The summed E-state index contributed by atoms with van der Waals surface area (Å²) in [4.78, 5) is 12.0. The summed E-state index contributed by atoms with van der Waals surface area (Å²) < 4.78 is 13.8. The fraction of sp³-hybridized carbons (Fsp3) is 0.200. The fourth-order valence-electron chi connectivity index (χ4n) is 1.44. The molecule has 0 bridgehead atoms. The topological polar surface area (TPSA) is 112 Å². The summed E-state index contributed by atoms with van der Waals surface area (Å²) in [7, 11) is 2.97. The van der Waals surface area contributed by atoms with Gasteiger partial charge in [-0.1, -0.05) is 9.59 Å². The Morgan fingerprint density at radius 2 is 2.00 bits per heavy atom. The lowest BCUT2D eigenvalue weighted by atomic mass is 10.1. The van der Waals surface area contributed by atoms with Crippen LogP contribution in [0.3, 0.4) is 0 Å². The van der Waals surface area contributed by atoms with Crippen LogP contribution in [0.4, 0.5) is 10.8 Å². The smallest absolute Gasteiger partial charge is 0.259 e. The number of carbonyl (C=O) groups excluding carboxylic acids is 1. The molecule has 3 N–H and O–H groups in total. The molecule has 9 heteroatoms. The average Bonchev–Trinajstić information content (AvgIpc) is 2.90. The first-order chi connectivity index (χ1) is 9.15. The van der Waals surface area contributed by atoms with Crippen molar-refractivity contribution in [3.63, 3.8) is 0 Å². The van der Waals surface area contributed by atoms with E-state index in [2.05, 4.69) is 20.1 Å². The first-order valence-corrected chi connectivity index (χ1v) is 5.91. The van der Waals surface area contributed by atoms with Crippen molar-refractivity contribution in [2.45, 2.75) is 0 Å². The Morgan fingerprint density at radius 1 is 1.32 bits per heavy atom. The fourth-order valence-corrected chi connectivity index (χ4v) is 1.80. The average molecular weight is 281 g/mol. The van der Waals surface area contributed by atoms with E-state index in [1.165, 1.54) is 26.4 Å². The first kappa shape index (κ1) is 13.0. The number of ether oxygens (including phenoxy) is 2. The number of nitrogens with two attached hydrogens (primary N) is 1. The zero-order valence-electron chi connectivity index (χ0n) is 10.2. The number of hydrogen-bond acceptors (Lipinski definition) is 8. The van der Waals surface area contributed by atoms with Crippen LogP contribution in [-0.2, 0) is 0 Å². The van der Waals surface area contributed by atoms with E-state index in [9.17, 15) is 4.79 Å². The summed E-state index contributed by atoms with van der Waals surface area (Å²) in [6.07, 6.45) is 0. The lowest BCUT2D eigenvalue weighted by molar-refractivity contribution is 0.102. The van der Waals surface area contributed by atoms with Gasteiger partial charge in [-0.2, -0.15) is 0 Å². The van der Waals surface area contributed by atoms with Gasteiger partial charge in [-0.15, -0.1) is 0 Å². The molecule has 1 heterocycles. The van der Waals surface area contributed by atoms with Crippen LogP contribution in [-0.4, -0.2) is 34.9 Å². The molecule has 0 atom stereocenters. The Bertz CT molecular complexity index is 587. The van der Waals surface area contributed by atoms with Crippen molar-refractivity contribution < 1.29 is 14.3 Å². The number of rotatable bonds is 4. The second kappa shape index (κ2) is 5.48. The maximum atomic E-state index is 12.0. The molecule has 0 aliphatic rings. The van der Waals surface area contributed by atoms with Gasteiger partial charge in [-0.3, -0.25) is 10.1 Å². The Balaban J connectivity index is 2.31. The van der Waals surface area contributed by atoms with E-state index in [4.69, 9.17) is 15.2 Å². The highest BCUT2D eigenvalue weighted by Gasteiger charge is 2.16. The van der Waals surface area contributed by atoms with Crippen molar-refractivity contribution in [3.8, 4) is 11.5 Å². The number of benzene rings is 1. The number of nitrogens with zero attached hydrogens (tertiary/aromatic N) is 3. The second-order valence-electron chi connectivity index (χ2n) is 3.42. The lowest BCUT2D eigenvalue weighted by Gasteiger charge is -2.11. The van der Waals surface area contributed by atoms with E-state index >= 15 is 0 Å². The SMILES string of the molecule is COc1cc(N)c(C(=O)Nc2nnns2)cc1OC. The van der Waals surface area contributed by atoms with Crippen molar-refractivity contribution in [3.05, 3.63) is 17.7 Å². The molecule has 1 aromatic heterocycles. The van der Waals surface area contributed by atoms with E-state index in [-0.39, 0.29) is 11.3 Å². The van der Waals surface area contributed by atoms with Crippen LogP contribution in [0.1, 0.15) is 10.4 Å². The molecule has 0 aliphatic carbocycles. The second-order valence-corrected chi connectivity index (χ2v) is 4.15. The molecule has 2 rings (SSSR count). The van der Waals surface area contributed by atoms with Gasteiger partial charge in [0.15, 0.2) is 11.5 Å². The van der Waals surface area contributed by atoms with E-state index in [0.717, 1.165) is 11.5 Å². The number of carbonyl (C=O) groups is 1. The molecule has 1 amide bonds. The summed E-state index contributed by atoms with van der Waals surface area (Å²) in [5, 5.41) is 9.82. The van der Waals surface area contributed by atoms with Gasteiger partial charge in [0.1, 0.15) is 0 Å². The summed E-state index contributed by atoms with van der Waals surface area (Å²) >= 11 is 0.968. The van der Waals surface area contributed by atoms with Gasteiger partial charge in [-0.05, 0) is 11.3 Å². The van der Waals surface area contributed by atoms with E-state index in [1.807, 2.05) is 0 Å². The van der Waals surface area contributed by atoms with Gasteiger partial charge in [-0.25, -0.2) is 0 Å². The quantitative estimate of drug-likeness (QED) is 0.796. The van der Waals surface area contributed by atoms with Gasteiger partial charge in [0.2, 0.25) is 5.13 Å². The molecule has 0 saturated heterocycles. The largest absolute Gasteiger partial charge is 0.493 e. The predicted octanol–water partition coefficient (Wildman–Crippen LogP) is 0.785. The predicted molar refractivity (Wildman–Crippen MR) is 69.6 cm³/mol. The van der Waals surface area contributed by atoms with Crippen molar-refractivity contribution in [2.24, 2.45) is 0 Å². The van der Waals surface area contributed by atoms with Crippen molar-refractivity contribution in [1.82, 2.24) is 14.8 Å². The number of nitrogens with one attached hydrogen (secondary N) is 1. The number of anilines is 2. The Morgan fingerprint density at radius 3 is 2.58 bits per heavy atom. The van der Waals surface area contributed by atoms with Gasteiger partial charge in [0.25, 0.3) is 5.91 Å². The van der Waals surface area contributed by atoms with E-state index in [1.54, 1.807) is 0 Å². The van der Waals surface area contributed by atoms with Crippen molar-refractivity contribution in [1.29, 1.82) is 0 Å². The molecule has 19 heavy (non-hydrogen) atoms. The molecule has 1 aromatic carbocycles. The van der Waals surface area contributed by atoms with Crippen LogP contribution >= 0.6 is 11.5 Å². The van der Waals surface area contributed by atoms with Crippen molar-refractivity contribution >= 4 is 28.3 Å². The normalized spacial score (nSPS) is 10.0. The summed E-state index contributed by atoms with van der Waals surface area (Å²) in [5.74, 6) is 0.448. The highest BCUT2D eigenvalue weighted by molar-refractivity contribution is 7.09. The van der Waals surface area contributed by atoms with E-state index in [0.29, 0.717) is 16.6 Å². The molecule has 0 fully saturated rings. The van der Waals surface area contributed by atoms with Gasteiger partial charge < -0.3 is 15.2 Å². The van der Waals surface area contributed by atoms with Crippen LogP contribution < -0.4 is 20.5 Å². The minimum absolute atomic E-state index is 0.257. The third-order valence-corrected chi connectivity index (χ3v) is 2.83. The molecule has 100 valence electrons. The van der Waals surface area contributed by atoms with E-state index < -0.39 is 5.91 Å². The monoisotopic (exact) mass is 281 g/mol. The molecular weight excluding hydrogens is 270 g/mol. The van der Waals surface area contributed by atoms with Crippen LogP contribution in [0.25, 0.3) is 0 Å². The Kier molecular flexibility index (Phi) is 3.76. The molecular formula is C10H11N5O3S. The minimum atomic E-state index is -0.419. The minimum Gasteiger partial charge on any atom is -0.493 e. The molecule has 8 nitrogen and oxygen atoms in total. The molecule has 0 saturated carbocycles. The zero-order chi connectivity index (χ0) is 13.8. The molecule has 0 aliphatic heterocycles. The van der Waals surface area contributed by atoms with Crippen LogP contribution in [0.5, 0.6) is 11.5 Å². The summed E-state index contributed by atoms with van der Waals surface area (Å²) in [6, 6.07) is 3.02. The third-order valence-electron chi connectivity index (χ3n) is 2.32. The number of methoxy groups -OCH3 is 2. The summed E-state index contributed by atoms with van der Waals surface area (Å²) in [6.45, 7) is 0. The zero-order valence-corrected chi connectivity index (χ0v) is 11.0. The lowest BCUT2D eigenvalue weighted by Crippen LogP contribution is -2.14. The number of aromatic nitrogens is 3. The summed E-state index contributed by atoms with van der Waals surface area (Å²) in [5.41, 5.74) is 6.33. The van der Waals surface area contributed by atoms with Gasteiger partial charge >= 0.3 is 0 Å². The van der Waals surface area contributed by atoms with Gasteiger partial charge in [0, 0.05) is 23.3 Å².